The molecule has 0 fully saturated rings. The summed E-state index contributed by atoms with van der Waals surface area (Å²) in [5.74, 6) is -0.707. The highest BCUT2D eigenvalue weighted by Crippen LogP contribution is 2.30. The molecule has 84 valence electrons. The normalized spacial score (nSPS) is 14.0. The highest BCUT2D eigenvalue weighted by Gasteiger charge is 2.24. The molecule has 0 aromatic rings. The van der Waals surface area contributed by atoms with Crippen LogP contribution < -0.4 is 5.73 Å². The van der Waals surface area contributed by atoms with Gasteiger partial charge in [0.05, 0.1) is 0 Å². The van der Waals surface area contributed by atoms with Crippen molar-refractivity contribution in [2.45, 2.75) is 50.0 Å². The molecule has 0 rings (SSSR count). The molecule has 3 N–H and O–H groups in total. The van der Waals surface area contributed by atoms with Gasteiger partial charge in [-0.05, 0) is 19.4 Å². The molecule has 14 heavy (non-hydrogen) atoms. The highest BCUT2D eigenvalue weighted by molar-refractivity contribution is 8.01. The molecule has 0 aromatic carbocycles. The van der Waals surface area contributed by atoms with E-state index in [1.165, 1.54) is 11.8 Å². The van der Waals surface area contributed by atoms with Crippen LogP contribution in [0.4, 0.5) is 0 Å². The summed E-state index contributed by atoms with van der Waals surface area (Å²) in [4.78, 5) is 10.9. The van der Waals surface area contributed by atoms with Gasteiger partial charge in [-0.25, -0.2) is 0 Å². The van der Waals surface area contributed by atoms with E-state index in [9.17, 15) is 4.79 Å². The first-order valence-corrected chi connectivity index (χ1v) is 5.85. The Morgan fingerprint density at radius 3 is 2.36 bits per heavy atom. The first-order chi connectivity index (χ1) is 6.37. The summed E-state index contributed by atoms with van der Waals surface area (Å²) in [7, 11) is 0. The van der Waals surface area contributed by atoms with Gasteiger partial charge in [-0.3, -0.25) is 4.79 Å². The third kappa shape index (κ3) is 7.21. The fourth-order valence-electron chi connectivity index (χ4n) is 1.13. The average molecular weight is 219 g/mol. The van der Waals surface area contributed by atoms with Crippen LogP contribution in [0.5, 0.6) is 0 Å². The minimum Gasteiger partial charge on any atom is -0.480 e. The average Bonchev–Trinajstić information content (AvgIpc) is 2.00. The van der Waals surface area contributed by atoms with Crippen LogP contribution in [-0.4, -0.2) is 27.6 Å². The first-order valence-electron chi connectivity index (χ1n) is 4.97. The van der Waals surface area contributed by atoms with Crippen LogP contribution >= 0.6 is 11.8 Å². The highest BCUT2D eigenvalue weighted by atomic mass is 32.2. The quantitative estimate of drug-likeness (QED) is 0.672. The number of carboxylic acids is 1. The number of nitrogens with two attached hydrogens (primary N) is 1. The van der Waals surface area contributed by atoms with Crippen LogP contribution in [0.2, 0.25) is 0 Å². The van der Waals surface area contributed by atoms with Crippen molar-refractivity contribution in [3.63, 3.8) is 0 Å². The topological polar surface area (TPSA) is 63.3 Å². The summed E-state index contributed by atoms with van der Waals surface area (Å²) in [5, 5.41) is 8.69. The summed E-state index contributed by atoms with van der Waals surface area (Å²) in [5.41, 5.74) is 5.36. The Labute approximate surface area is 90.4 Å². The van der Waals surface area contributed by atoms with E-state index in [4.69, 9.17) is 10.8 Å². The van der Waals surface area contributed by atoms with Gasteiger partial charge in [-0.2, -0.15) is 0 Å². The van der Waals surface area contributed by atoms with Crippen molar-refractivity contribution in [2.24, 2.45) is 5.73 Å². The van der Waals surface area contributed by atoms with E-state index in [0.717, 1.165) is 12.8 Å². The molecule has 0 radical (unpaired) electrons. The van der Waals surface area contributed by atoms with Crippen molar-refractivity contribution in [1.29, 1.82) is 0 Å². The molecule has 0 saturated heterocycles. The van der Waals surface area contributed by atoms with E-state index in [1.807, 2.05) is 20.8 Å². The second-order valence-electron chi connectivity index (χ2n) is 4.34. The SMILES string of the molecule is CC(C)(C)S[C@@H](CCCCN)C(=O)O. The summed E-state index contributed by atoms with van der Waals surface area (Å²) < 4.78 is 0.00573. The number of carbonyl (C=O) groups is 1. The molecule has 0 aliphatic rings. The van der Waals surface area contributed by atoms with Gasteiger partial charge in [0.25, 0.3) is 0 Å². The zero-order chi connectivity index (χ0) is 11.2. The van der Waals surface area contributed by atoms with Gasteiger partial charge in [0.1, 0.15) is 5.25 Å². The number of aliphatic carboxylic acids is 1. The van der Waals surface area contributed by atoms with Crippen molar-refractivity contribution in [3.8, 4) is 0 Å². The molecule has 0 saturated carbocycles. The molecule has 0 aliphatic carbocycles. The number of thioether (sulfide) groups is 1. The Morgan fingerprint density at radius 2 is 2.00 bits per heavy atom. The third-order valence-electron chi connectivity index (χ3n) is 1.69. The summed E-state index contributed by atoms with van der Waals surface area (Å²) in [6.45, 7) is 6.76. The Bertz CT molecular complexity index is 177. The van der Waals surface area contributed by atoms with Gasteiger partial charge < -0.3 is 10.8 Å². The summed E-state index contributed by atoms with van der Waals surface area (Å²) in [6, 6.07) is 0. The molecule has 1 atom stereocenters. The number of rotatable bonds is 6. The van der Waals surface area contributed by atoms with E-state index in [1.54, 1.807) is 0 Å². The largest absolute Gasteiger partial charge is 0.480 e. The molecule has 0 aromatic heterocycles. The minimum atomic E-state index is -0.707. The molecule has 0 bridgehead atoms. The molecular formula is C10H21NO2S. The molecule has 0 unspecified atom stereocenters. The lowest BCUT2D eigenvalue weighted by atomic mass is 10.2. The fourth-order valence-corrected chi connectivity index (χ4v) is 2.37. The van der Waals surface area contributed by atoms with Crippen LogP contribution in [0.3, 0.4) is 0 Å². The molecule has 0 heterocycles. The third-order valence-corrected chi connectivity index (χ3v) is 3.12. The van der Waals surface area contributed by atoms with Gasteiger partial charge in [0, 0.05) is 4.75 Å². The minimum absolute atomic E-state index is 0.00573. The molecule has 0 amide bonds. The van der Waals surface area contributed by atoms with Gasteiger partial charge >= 0.3 is 5.97 Å². The van der Waals surface area contributed by atoms with Gasteiger partial charge in [-0.1, -0.05) is 27.2 Å². The molecular weight excluding hydrogens is 198 g/mol. The van der Waals surface area contributed by atoms with E-state index >= 15 is 0 Å². The molecule has 4 heteroatoms. The van der Waals surface area contributed by atoms with E-state index < -0.39 is 5.97 Å². The number of hydrogen-bond donors (Lipinski definition) is 2. The van der Waals surface area contributed by atoms with Crippen LogP contribution in [0.1, 0.15) is 40.0 Å². The van der Waals surface area contributed by atoms with Crippen molar-refractivity contribution in [3.05, 3.63) is 0 Å². The van der Waals surface area contributed by atoms with Crippen molar-refractivity contribution in [2.75, 3.05) is 6.54 Å². The van der Waals surface area contributed by atoms with Crippen LogP contribution in [0.25, 0.3) is 0 Å². The zero-order valence-electron chi connectivity index (χ0n) is 9.25. The number of unbranched alkanes of at least 4 members (excludes halogenated alkanes) is 1. The lowest BCUT2D eigenvalue weighted by Gasteiger charge is -2.22. The second-order valence-corrected chi connectivity index (χ2v) is 6.37. The Morgan fingerprint density at radius 1 is 1.43 bits per heavy atom. The molecule has 0 aliphatic heterocycles. The number of hydrogen-bond acceptors (Lipinski definition) is 3. The van der Waals surface area contributed by atoms with Gasteiger partial charge in [0.15, 0.2) is 0 Å². The van der Waals surface area contributed by atoms with Gasteiger partial charge in [0.2, 0.25) is 0 Å². The maximum Gasteiger partial charge on any atom is 0.316 e. The maximum atomic E-state index is 10.9. The monoisotopic (exact) mass is 219 g/mol. The summed E-state index contributed by atoms with van der Waals surface area (Å²) in [6.07, 6.45) is 2.53. The van der Waals surface area contributed by atoms with Crippen molar-refractivity contribution in [1.82, 2.24) is 0 Å². The van der Waals surface area contributed by atoms with Gasteiger partial charge in [-0.15, -0.1) is 11.8 Å². The predicted molar refractivity (Wildman–Crippen MR) is 61.7 cm³/mol. The van der Waals surface area contributed by atoms with E-state index in [2.05, 4.69) is 0 Å². The Balaban J connectivity index is 3.97. The van der Waals surface area contributed by atoms with Crippen LogP contribution in [-0.2, 0) is 4.79 Å². The van der Waals surface area contributed by atoms with Crippen LogP contribution in [0, 0.1) is 0 Å². The summed E-state index contributed by atoms with van der Waals surface area (Å²) >= 11 is 1.52. The van der Waals surface area contributed by atoms with Crippen molar-refractivity contribution < 1.29 is 9.90 Å². The lowest BCUT2D eigenvalue weighted by Crippen LogP contribution is -2.23. The second kappa shape index (κ2) is 6.30. The zero-order valence-corrected chi connectivity index (χ0v) is 10.1. The smallest absolute Gasteiger partial charge is 0.316 e. The van der Waals surface area contributed by atoms with Crippen molar-refractivity contribution >= 4 is 17.7 Å². The fraction of sp³-hybridized carbons (Fsp3) is 0.900. The Hall–Kier alpha value is -0.220. The standard InChI is InChI=1S/C10H21NO2S/c1-10(2,3)14-8(9(12)13)6-4-5-7-11/h8H,4-7,11H2,1-3H3,(H,12,13)/t8-/m0/s1. The maximum absolute atomic E-state index is 10.9. The molecule has 0 spiro atoms. The van der Waals surface area contributed by atoms with E-state index in [0.29, 0.717) is 13.0 Å². The molecule has 3 nitrogen and oxygen atoms in total. The predicted octanol–water partition coefficient (Wildman–Crippen LogP) is 2.10. The van der Waals surface area contributed by atoms with Crippen LogP contribution in [0.15, 0.2) is 0 Å². The first kappa shape index (κ1) is 13.8. The lowest BCUT2D eigenvalue weighted by molar-refractivity contribution is -0.136. The van der Waals surface area contributed by atoms with E-state index in [-0.39, 0.29) is 10.00 Å². The Kier molecular flexibility index (Phi) is 6.20. The number of carboxylic acid groups (broad SMARTS) is 1.